The van der Waals surface area contributed by atoms with E-state index in [1.165, 1.54) is 0 Å². The van der Waals surface area contributed by atoms with E-state index in [0.717, 1.165) is 5.56 Å². The molecule has 3 rings (SSSR count). The summed E-state index contributed by atoms with van der Waals surface area (Å²) in [5, 5.41) is 8.70. The molecule has 0 aliphatic rings. The van der Waals surface area contributed by atoms with Gasteiger partial charge in [0.1, 0.15) is 5.75 Å². The number of anilines is 2. The summed E-state index contributed by atoms with van der Waals surface area (Å²) in [7, 11) is 0. The molecule has 0 aliphatic heterocycles. The summed E-state index contributed by atoms with van der Waals surface area (Å²) in [6.07, 6.45) is 1.04. The molecule has 0 heterocycles. The van der Waals surface area contributed by atoms with Crippen molar-refractivity contribution < 1.29 is 14.3 Å². The molecule has 0 unspecified atom stereocenters. The maximum absolute atomic E-state index is 12.6. The van der Waals surface area contributed by atoms with Crippen molar-refractivity contribution in [3.8, 4) is 5.75 Å². The lowest BCUT2D eigenvalue weighted by Crippen LogP contribution is -2.34. The van der Waals surface area contributed by atoms with Gasteiger partial charge in [-0.3, -0.25) is 14.9 Å². The van der Waals surface area contributed by atoms with E-state index in [1.807, 2.05) is 50.2 Å². The predicted molar refractivity (Wildman–Crippen MR) is 136 cm³/mol. The molecule has 0 spiro atoms. The molecule has 6 nitrogen and oxygen atoms in total. The molecule has 33 heavy (non-hydrogen) atoms. The highest BCUT2D eigenvalue weighted by atomic mass is 32.1. The van der Waals surface area contributed by atoms with Gasteiger partial charge in [0.25, 0.3) is 5.91 Å². The molecular weight excluding hydrogens is 434 g/mol. The highest BCUT2D eigenvalue weighted by Gasteiger charge is 2.14. The smallest absolute Gasteiger partial charge is 0.261 e. The lowest BCUT2D eigenvalue weighted by atomic mass is 10.1. The second-order valence-electron chi connectivity index (χ2n) is 7.68. The number of hydrogen-bond acceptors (Lipinski definition) is 4. The first kappa shape index (κ1) is 23.9. The van der Waals surface area contributed by atoms with Gasteiger partial charge >= 0.3 is 0 Å². The summed E-state index contributed by atoms with van der Waals surface area (Å²) in [4.78, 5) is 24.8. The van der Waals surface area contributed by atoms with Crippen molar-refractivity contribution in [1.29, 1.82) is 0 Å². The Morgan fingerprint density at radius 2 is 1.45 bits per heavy atom. The first-order valence-corrected chi connectivity index (χ1v) is 11.1. The number of para-hydroxylation sites is 1. The third-order valence-corrected chi connectivity index (χ3v) is 4.84. The molecule has 0 bridgehead atoms. The molecule has 0 aliphatic carbocycles. The lowest BCUT2D eigenvalue weighted by molar-refractivity contribution is -0.116. The molecule has 3 aromatic rings. The van der Waals surface area contributed by atoms with Crippen molar-refractivity contribution >= 4 is 40.5 Å². The summed E-state index contributed by atoms with van der Waals surface area (Å²) in [6, 6.07) is 24.0. The van der Waals surface area contributed by atoms with Crippen LogP contribution in [0.3, 0.4) is 0 Å². The van der Waals surface area contributed by atoms with E-state index in [4.69, 9.17) is 17.0 Å². The quantitative estimate of drug-likeness (QED) is 0.403. The monoisotopic (exact) mass is 461 g/mol. The number of amides is 2. The topological polar surface area (TPSA) is 79.5 Å². The molecular formula is C26H27N3O3S. The van der Waals surface area contributed by atoms with Crippen LogP contribution in [0.4, 0.5) is 11.4 Å². The fourth-order valence-corrected chi connectivity index (χ4v) is 3.32. The van der Waals surface area contributed by atoms with Crippen LogP contribution in [-0.4, -0.2) is 23.0 Å². The molecule has 7 heteroatoms. The van der Waals surface area contributed by atoms with E-state index >= 15 is 0 Å². The van der Waals surface area contributed by atoms with Crippen LogP contribution in [-0.2, 0) is 11.2 Å². The van der Waals surface area contributed by atoms with E-state index in [9.17, 15) is 9.59 Å². The summed E-state index contributed by atoms with van der Waals surface area (Å²) in [5.74, 6) is 0.0934. The number of rotatable bonds is 8. The lowest BCUT2D eigenvalue weighted by Gasteiger charge is -2.15. The Labute approximate surface area is 199 Å². The van der Waals surface area contributed by atoms with E-state index in [0.29, 0.717) is 35.5 Å². The third-order valence-electron chi connectivity index (χ3n) is 4.63. The first-order chi connectivity index (χ1) is 15.9. The van der Waals surface area contributed by atoms with Gasteiger partial charge in [0.05, 0.1) is 11.7 Å². The molecule has 0 atom stereocenters. The van der Waals surface area contributed by atoms with E-state index in [2.05, 4.69) is 16.0 Å². The molecule has 0 radical (unpaired) electrons. The molecule has 0 saturated heterocycles. The van der Waals surface area contributed by atoms with Gasteiger partial charge in [-0.05, 0) is 74.4 Å². The predicted octanol–water partition coefficient (Wildman–Crippen LogP) is 5.17. The minimum atomic E-state index is -0.356. The number of thiocarbonyl (C=S) groups is 1. The van der Waals surface area contributed by atoms with Crippen LogP contribution >= 0.6 is 12.2 Å². The number of carbonyl (C=O) groups excluding carboxylic acids is 2. The van der Waals surface area contributed by atoms with Crippen molar-refractivity contribution in [3.63, 3.8) is 0 Å². The zero-order chi connectivity index (χ0) is 23.6. The standard InChI is InChI=1S/C26H27N3O3S/c1-18(2)32-23-11-7-6-10-22(23)25(31)29-26(33)28-21-15-13-20(14-16-21)27-24(30)17-12-19-8-4-3-5-9-19/h3-11,13-16,18H,12,17H2,1-2H3,(H,27,30)(H2,28,29,31,33). The van der Waals surface area contributed by atoms with Crippen molar-refractivity contribution in [3.05, 3.63) is 90.0 Å². The summed E-state index contributed by atoms with van der Waals surface area (Å²) >= 11 is 5.27. The minimum absolute atomic E-state index is 0.0513. The van der Waals surface area contributed by atoms with Gasteiger partial charge in [-0.15, -0.1) is 0 Å². The molecule has 0 aromatic heterocycles. The van der Waals surface area contributed by atoms with Gasteiger partial charge < -0.3 is 15.4 Å². The summed E-state index contributed by atoms with van der Waals surface area (Å²) in [6.45, 7) is 3.80. The average Bonchev–Trinajstić information content (AvgIpc) is 2.79. The molecule has 0 saturated carbocycles. The largest absolute Gasteiger partial charge is 0.490 e. The van der Waals surface area contributed by atoms with Gasteiger partial charge in [0.15, 0.2) is 5.11 Å². The number of carbonyl (C=O) groups is 2. The molecule has 3 N–H and O–H groups in total. The first-order valence-electron chi connectivity index (χ1n) is 10.7. The Hall–Kier alpha value is -3.71. The van der Waals surface area contributed by atoms with Gasteiger partial charge in [-0.25, -0.2) is 0 Å². The van der Waals surface area contributed by atoms with Crippen LogP contribution in [0.1, 0.15) is 36.2 Å². The fraction of sp³-hybridized carbons (Fsp3) is 0.192. The van der Waals surface area contributed by atoms with Crippen LogP contribution in [0, 0.1) is 0 Å². The van der Waals surface area contributed by atoms with E-state index in [-0.39, 0.29) is 23.0 Å². The van der Waals surface area contributed by atoms with E-state index < -0.39 is 0 Å². The van der Waals surface area contributed by atoms with Crippen molar-refractivity contribution in [1.82, 2.24) is 5.32 Å². The number of hydrogen-bond donors (Lipinski definition) is 3. The van der Waals surface area contributed by atoms with Crippen LogP contribution in [0.2, 0.25) is 0 Å². The fourth-order valence-electron chi connectivity index (χ4n) is 3.11. The number of benzene rings is 3. The van der Waals surface area contributed by atoms with Crippen LogP contribution < -0.4 is 20.7 Å². The van der Waals surface area contributed by atoms with Crippen LogP contribution in [0.25, 0.3) is 0 Å². The second-order valence-corrected chi connectivity index (χ2v) is 8.09. The van der Waals surface area contributed by atoms with Gasteiger partial charge in [0.2, 0.25) is 5.91 Å². The van der Waals surface area contributed by atoms with E-state index in [1.54, 1.807) is 42.5 Å². The Bertz CT molecular complexity index is 1100. The molecule has 0 fully saturated rings. The second kappa shape index (κ2) is 11.8. The molecule has 170 valence electrons. The maximum Gasteiger partial charge on any atom is 0.261 e. The Morgan fingerprint density at radius 1 is 0.848 bits per heavy atom. The normalized spacial score (nSPS) is 10.4. The average molecular weight is 462 g/mol. The van der Waals surface area contributed by atoms with Crippen LogP contribution in [0.15, 0.2) is 78.9 Å². The van der Waals surface area contributed by atoms with Crippen molar-refractivity contribution in [2.24, 2.45) is 0 Å². The van der Waals surface area contributed by atoms with Gasteiger partial charge in [-0.1, -0.05) is 42.5 Å². The maximum atomic E-state index is 12.6. The van der Waals surface area contributed by atoms with Crippen molar-refractivity contribution in [2.45, 2.75) is 32.8 Å². The van der Waals surface area contributed by atoms with Crippen LogP contribution in [0.5, 0.6) is 5.75 Å². The number of ether oxygens (including phenoxy) is 1. The Morgan fingerprint density at radius 3 is 2.12 bits per heavy atom. The highest BCUT2D eigenvalue weighted by molar-refractivity contribution is 7.80. The summed E-state index contributed by atoms with van der Waals surface area (Å²) < 4.78 is 5.69. The molecule has 2 amide bonds. The SMILES string of the molecule is CC(C)Oc1ccccc1C(=O)NC(=S)Nc1ccc(NC(=O)CCc2ccccc2)cc1. The zero-order valence-corrected chi connectivity index (χ0v) is 19.4. The molecule has 3 aromatic carbocycles. The summed E-state index contributed by atoms with van der Waals surface area (Å²) in [5.41, 5.74) is 2.91. The highest BCUT2D eigenvalue weighted by Crippen LogP contribution is 2.19. The van der Waals surface area contributed by atoms with Gasteiger partial charge in [0, 0.05) is 17.8 Å². The zero-order valence-electron chi connectivity index (χ0n) is 18.6. The number of aryl methyl sites for hydroxylation is 1. The van der Waals surface area contributed by atoms with Gasteiger partial charge in [-0.2, -0.15) is 0 Å². The minimum Gasteiger partial charge on any atom is -0.490 e. The Balaban J connectivity index is 1.50. The Kier molecular flexibility index (Phi) is 8.55. The third kappa shape index (κ3) is 7.73. The van der Waals surface area contributed by atoms with Crippen molar-refractivity contribution in [2.75, 3.05) is 10.6 Å². The number of nitrogens with one attached hydrogen (secondary N) is 3.